The van der Waals surface area contributed by atoms with Gasteiger partial charge in [0.2, 0.25) is 0 Å². The van der Waals surface area contributed by atoms with Gasteiger partial charge in [0.1, 0.15) is 6.10 Å². The van der Waals surface area contributed by atoms with Crippen molar-refractivity contribution in [2.24, 2.45) is 5.92 Å². The normalized spacial score (nSPS) is 35.9. The molecular weight excluding hydrogens is 250 g/mol. The lowest BCUT2D eigenvalue weighted by Gasteiger charge is -2.24. The Labute approximate surface area is 124 Å². The molecule has 0 saturated heterocycles. The standard InChI is InChI=1S/C17H31NO2/c1-14-12-15(2)17(19)16(20-4)10-8-6-5-7-9-11-18(3)13-14/h8,10,12,15-17,19H,5-7,9,11,13H2,1-4H3/b10-8+,14-12-/t15-,16+,17+/m1/s1. The number of aliphatic hydroxyl groups excluding tert-OH is 1. The summed E-state index contributed by atoms with van der Waals surface area (Å²) >= 11 is 0. The first-order valence-electron chi connectivity index (χ1n) is 7.78. The molecule has 1 aliphatic rings. The molecule has 0 aromatic carbocycles. The first-order valence-corrected chi connectivity index (χ1v) is 7.78. The predicted molar refractivity (Wildman–Crippen MR) is 84.8 cm³/mol. The van der Waals surface area contributed by atoms with Crippen LogP contribution >= 0.6 is 0 Å². The SMILES string of the molecule is CO[C@H]1/C=C/CCCCCN(C)C/C(C)=C\[C@@H](C)[C@@H]1O. The minimum atomic E-state index is -0.487. The maximum Gasteiger partial charge on any atom is 0.102 e. The third-order valence-corrected chi connectivity index (χ3v) is 3.95. The highest BCUT2D eigenvalue weighted by molar-refractivity contribution is 5.06. The van der Waals surface area contributed by atoms with Crippen LogP contribution in [0.4, 0.5) is 0 Å². The Hall–Kier alpha value is -0.640. The highest BCUT2D eigenvalue weighted by Crippen LogP contribution is 2.16. The molecule has 0 radical (unpaired) electrons. The van der Waals surface area contributed by atoms with E-state index in [0.29, 0.717) is 0 Å². The number of rotatable bonds is 1. The lowest BCUT2D eigenvalue weighted by Crippen LogP contribution is -2.32. The van der Waals surface area contributed by atoms with E-state index in [1.807, 2.05) is 6.08 Å². The van der Waals surface area contributed by atoms with Crippen LogP contribution in [0.2, 0.25) is 0 Å². The van der Waals surface area contributed by atoms with E-state index in [4.69, 9.17) is 4.74 Å². The van der Waals surface area contributed by atoms with Crippen molar-refractivity contribution in [3.05, 3.63) is 23.8 Å². The van der Waals surface area contributed by atoms with Crippen LogP contribution < -0.4 is 0 Å². The van der Waals surface area contributed by atoms with Crippen LogP contribution in [0.3, 0.4) is 0 Å². The van der Waals surface area contributed by atoms with Crippen LogP contribution in [0, 0.1) is 5.92 Å². The van der Waals surface area contributed by atoms with E-state index in [-0.39, 0.29) is 12.0 Å². The molecule has 116 valence electrons. The van der Waals surface area contributed by atoms with E-state index in [1.54, 1.807) is 7.11 Å². The zero-order chi connectivity index (χ0) is 15.0. The number of aliphatic hydroxyl groups is 1. The summed E-state index contributed by atoms with van der Waals surface area (Å²) in [6.07, 6.45) is 10.4. The fourth-order valence-electron chi connectivity index (χ4n) is 2.79. The molecule has 0 aromatic heterocycles. The molecular formula is C17H31NO2. The van der Waals surface area contributed by atoms with Gasteiger partial charge in [0.25, 0.3) is 0 Å². The maximum atomic E-state index is 10.4. The van der Waals surface area contributed by atoms with Gasteiger partial charge in [-0.3, -0.25) is 0 Å². The molecule has 0 aromatic rings. The second-order valence-electron chi connectivity index (χ2n) is 6.08. The number of hydrogen-bond donors (Lipinski definition) is 1. The molecule has 0 spiro atoms. The summed E-state index contributed by atoms with van der Waals surface area (Å²) < 4.78 is 5.41. The van der Waals surface area contributed by atoms with Gasteiger partial charge < -0.3 is 14.7 Å². The first kappa shape index (κ1) is 17.4. The van der Waals surface area contributed by atoms with Gasteiger partial charge in [-0.25, -0.2) is 0 Å². The fraction of sp³-hybridized carbons (Fsp3) is 0.765. The third-order valence-electron chi connectivity index (χ3n) is 3.95. The van der Waals surface area contributed by atoms with Crippen molar-refractivity contribution >= 4 is 0 Å². The smallest absolute Gasteiger partial charge is 0.102 e. The quantitative estimate of drug-likeness (QED) is 0.750. The van der Waals surface area contributed by atoms with Gasteiger partial charge in [-0.05, 0) is 39.8 Å². The zero-order valence-electron chi connectivity index (χ0n) is 13.5. The molecule has 1 N–H and O–H groups in total. The second-order valence-corrected chi connectivity index (χ2v) is 6.08. The van der Waals surface area contributed by atoms with E-state index < -0.39 is 6.10 Å². The van der Waals surface area contributed by atoms with E-state index in [2.05, 4.69) is 37.9 Å². The molecule has 1 rings (SSSR count). The average molecular weight is 281 g/mol. The van der Waals surface area contributed by atoms with E-state index in [9.17, 15) is 5.11 Å². The zero-order valence-corrected chi connectivity index (χ0v) is 13.5. The number of hydrogen-bond acceptors (Lipinski definition) is 3. The summed E-state index contributed by atoms with van der Waals surface area (Å²) in [5.41, 5.74) is 1.31. The highest BCUT2D eigenvalue weighted by atomic mass is 16.5. The van der Waals surface area contributed by atoms with Crippen LogP contribution in [0.1, 0.15) is 39.5 Å². The lowest BCUT2D eigenvalue weighted by molar-refractivity contribution is -0.00190. The largest absolute Gasteiger partial charge is 0.389 e. The Morgan fingerprint density at radius 2 is 2.05 bits per heavy atom. The summed E-state index contributed by atoms with van der Waals surface area (Å²) in [7, 11) is 3.83. The second kappa shape index (κ2) is 9.32. The molecule has 20 heavy (non-hydrogen) atoms. The number of likely N-dealkylation sites (N-methyl/N-ethyl adjacent to an activating group) is 1. The van der Waals surface area contributed by atoms with Crippen molar-refractivity contribution in [2.45, 2.75) is 51.7 Å². The van der Waals surface area contributed by atoms with Gasteiger partial charge in [-0.1, -0.05) is 37.1 Å². The van der Waals surface area contributed by atoms with Crippen LogP contribution in [0.25, 0.3) is 0 Å². The van der Waals surface area contributed by atoms with Crippen molar-refractivity contribution in [1.82, 2.24) is 4.90 Å². The van der Waals surface area contributed by atoms with Crippen molar-refractivity contribution in [3.63, 3.8) is 0 Å². The minimum Gasteiger partial charge on any atom is -0.389 e. The summed E-state index contributed by atoms with van der Waals surface area (Å²) in [6.45, 7) is 6.32. The Balaban J connectivity index is 2.78. The summed E-state index contributed by atoms with van der Waals surface area (Å²) in [6, 6.07) is 0. The minimum absolute atomic E-state index is 0.0981. The van der Waals surface area contributed by atoms with Gasteiger partial charge in [-0.15, -0.1) is 0 Å². The summed E-state index contributed by atoms with van der Waals surface area (Å²) in [5, 5.41) is 10.4. The number of methoxy groups -OCH3 is 1. The molecule has 0 amide bonds. The van der Waals surface area contributed by atoms with Gasteiger partial charge >= 0.3 is 0 Å². The number of ether oxygens (including phenoxy) is 1. The van der Waals surface area contributed by atoms with Crippen molar-refractivity contribution in [1.29, 1.82) is 0 Å². The third kappa shape index (κ3) is 6.21. The van der Waals surface area contributed by atoms with Gasteiger partial charge in [0.15, 0.2) is 0 Å². The van der Waals surface area contributed by atoms with Crippen molar-refractivity contribution in [3.8, 4) is 0 Å². The molecule has 0 aliphatic carbocycles. The van der Waals surface area contributed by atoms with Crippen LogP contribution in [-0.2, 0) is 4.74 Å². The van der Waals surface area contributed by atoms with E-state index in [1.165, 1.54) is 24.8 Å². The molecule has 0 unspecified atom stereocenters. The van der Waals surface area contributed by atoms with Crippen molar-refractivity contribution < 1.29 is 9.84 Å². The predicted octanol–water partition coefficient (Wildman–Crippen LogP) is 3.01. The molecule has 3 nitrogen and oxygen atoms in total. The summed E-state index contributed by atoms with van der Waals surface area (Å²) in [5.74, 6) is 0.0981. The number of allylic oxidation sites excluding steroid dienone is 1. The average Bonchev–Trinajstić information content (AvgIpc) is 2.40. The highest BCUT2D eigenvalue weighted by Gasteiger charge is 2.21. The van der Waals surface area contributed by atoms with Gasteiger partial charge in [0.05, 0.1) is 6.10 Å². The monoisotopic (exact) mass is 281 g/mol. The molecule has 1 aliphatic heterocycles. The Morgan fingerprint density at radius 3 is 2.75 bits per heavy atom. The first-order chi connectivity index (χ1) is 9.54. The van der Waals surface area contributed by atoms with Gasteiger partial charge in [-0.2, -0.15) is 0 Å². The van der Waals surface area contributed by atoms with Crippen molar-refractivity contribution in [2.75, 3.05) is 27.2 Å². The van der Waals surface area contributed by atoms with E-state index in [0.717, 1.165) is 19.5 Å². The van der Waals surface area contributed by atoms with Crippen LogP contribution in [-0.4, -0.2) is 49.5 Å². The Kier molecular flexibility index (Phi) is 8.12. The van der Waals surface area contributed by atoms with Crippen LogP contribution in [0.15, 0.2) is 23.8 Å². The fourth-order valence-corrected chi connectivity index (χ4v) is 2.79. The topological polar surface area (TPSA) is 32.7 Å². The Bertz CT molecular complexity index is 325. The Morgan fingerprint density at radius 1 is 1.30 bits per heavy atom. The molecule has 0 fully saturated rings. The van der Waals surface area contributed by atoms with Gasteiger partial charge in [0, 0.05) is 19.6 Å². The molecule has 1 heterocycles. The lowest BCUT2D eigenvalue weighted by atomic mass is 9.96. The maximum absolute atomic E-state index is 10.4. The molecule has 3 heteroatoms. The molecule has 0 bridgehead atoms. The van der Waals surface area contributed by atoms with E-state index >= 15 is 0 Å². The summed E-state index contributed by atoms with van der Waals surface area (Å²) in [4.78, 5) is 2.36. The number of nitrogens with zero attached hydrogens (tertiary/aromatic N) is 1. The van der Waals surface area contributed by atoms with Crippen LogP contribution in [0.5, 0.6) is 0 Å². The molecule has 0 saturated carbocycles. The molecule has 3 atom stereocenters.